The van der Waals surface area contributed by atoms with Crippen LogP contribution in [0, 0.1) is 18.3 Å². The maximum absolute atomic E-state index is 9.13. The summed E-state index contributed by atoms with van der Waals surface area (Å²) in [6.45, 7) is 1.82. The van der Waals surface area contributed by atoms with Crippen LogP contribution in [0.5, 0.6) is 0 Å². The van der Waals surface area contributed by atoms with Crippen molar-refractivity contribution < 1.29 is 5.11 Å². The van der Waals surface area contributed by atoms with Gasteiger partial charge in [-0.2, -0.15) is 5.26 Å². The van der Waals surface area contributed by atoms with Gasteiger partial charge in [-0.25, -0.2) is 9.97 Å². The standard InChI is InChI=1S/C12H12N4OS/c1-8-3-4-14-11(10(8)5-13)18-12-15-6-9(7-17)16(12)2/h3-4,6,17H,7H2,1-2H3. The molecule has 0 atom stereocenters. The molecule has 2 aromatic rings. The average Bonchev–Trinajstić information content (AvgIpc) is 2.71. The monoisotopic (exact) mass is 260 g/mol. The zero-order valence-electron chi connectivity index (χ0n) is 10.1. The molecule has 92 valence electrons. The van der Waals surface area contributed by atoms with Crippen molar-refractivity contribution in [3.8, 4) is 6.07 Å². The molecule has 18 heavy (non-hydrogen) atoms. The van der Waals surface area contributed by atoms with Crippen LogP contribution >= 0.6 is 11.8 Å². The normalized spacial score (nSPS) is 10.3. The largest absolute Gasteiger partial charge is 0.390 e. The summed E-state index contributed by atoms with van der Waals surface area (Å²) in [5, 5.41) is 19.6. The lowest BCUT2D eigenvalue weighted by atomic mass is 10.2. The average molecular weight is 260 g/mol. The maximum Gasteiger partial charge on any atom is 0.174 e. The number of nitrogens with zero attached hydrogens (tertiary/aromatic N) is 4. The van der Waals surface area contributed by atoms with Gasteiger partial charge in [0.1, 0.15) is 11.1 Å². The number of aryl methyl sites for hydroxylation is 1. The zero-order chi connectivity index (χ0) is 13.1. The van der Waals surface area contributed by atoms with E-state index in [1.807, 2.05) is 14.0 Å². The van der Waals surface area contributed by atoms with Gasteiger partial charge in [0.25, 0.3) is 0 Å². The molecule has 0 amide bonds. The summed E-state index contributed by atoms with van der Waals surface area (Å²) in [6.07, 6.45) is 3.29. The van der Waals surface area contributed by atoms with Gasteiger partial charge in [0.15, 0.2) is 5.16 Å². The molecule has 0 fully saturated rings. The molecule has 0 radical (unpaired) electrons. The quantitative estimate of drug-likeness (QED) is 0.908. The molecule has 0 aliphatic carbocycles. The number of imidazole rings is 1. The molecule has 0 aromatic carbocycles. The minimum Gasteiger partial charge on any atom is -0.390 e. The van der Waals surface area contributed by atoms with E-state index in [4.69, 9.17) is 10.4 Å². The third-order valence-electron chi connectivity index (χ3n) is 2.63. The second-order valence-corrected chi connectivity index (χ2v) is 4.73. The lowest BCUT2D eigenvalue weighted by Crippen LogP contribution is -1.98. The molecule has 1 N–H and O–H groups in total. The molecule has 2 heterocycles. The van der Waals surface area contributed by atoms with E-state index < -0.39 is 0 Å². The Kier molecular flexibility index (Phi) is 3.65. The van der Waals surface area contributed by atoms with Gasteiger partial charge in [-0.3, -0.25) is 0 Å². The lowest BCUT2D eigenvalue weighted by Gasteiger charge is -2.05. The van der Waals surface area contributed by atoms with Crippen molar-refractivity contribution in [3.05, 3.63) is 35.3 Å². The molecule has 6 heteroatoms. The van der Waals surface area contributed by atoms with Crippen molar-refractivity contribution in [2.45, 2.75) is 23.7 Å². The molecule has 2 rings (SSSR count). The van der Waals surface area contributed by atoms with Gasteiger partial charge in [-0.15, -0.1) is 0 Å². The van der Waals surface area contributed by atoms with Gasteiger partial charge in [0.05, 0.1) is 24.1 Å². The van der Waals surface area contributed by atoms with Gasteiger partial charge in [-0.1, -0.05) is 0 Å². The third kappa shape index (κ3) is 2.23. The topological polar surface area (TPSA) is 74.7 Å². The Bertz CT molecular complexity index is 615. The van der Waals surface area contributed by atoms with Crippen LogP contribution in [0.4, 0.5) is 0 Å². The number of nitriles is 1. The maximum atomic E-state index is 9.13. The van der Waals surface area contributed by atoms with Crippen LogP contribution in [0.25, 0.3) is 0 Å². The first-order valence-corrected chi connectivity index (χ1v) is 6.14. The summed E-state index contributed by atoms with van der Waals surface area (Å²) in [5.74, 6) is 0. The minimum atomic E-state index is -0.0591. The second-order valence-electron chi connectivity index (χ2n) is 3.77. The summed E-state index contributed by atoms with van der Waals surface area (Å²) in [7, 11) is 1.82. The Morgan fingerprint density at radius 1 is 1.50 bits per heavy atom. The zero-order valence-corrected chi connectivity index (χ0v) is 10.9. The molecule has 0 saturated carbocycles. The Morgan fingerprint density at radius 2 is 2.28 bits per heavy atom. The van der Waals surface area contributed by atoms with Crippen LogP contribution in [0.2, 0.25) is 0 Å². The van der Waals surface area contributed by atoms with E-state index >= 15 is 0 Å². The molecular formula is C12H12N4OS. The number of pyridine rings is 1. The molecule has 2 aromatic heterocycles. The number of hydrogen-bond acceptors (Lipinski definition) is 5. The lowest BCUT2D eigenvalue weighted by molar-refractivity contribution is 0.271. The van der Waals surface area contributed by atoms with E-state index in [0.29, 0.717) is 15.7 Å². The van der Waals surface area contributed by atoms with Gasteiger partial charge in [-0.05, 0) is 30.3 Å². The second kappa shape index (κ2) is 5.21. The summed E-state index contributed by atoms with van der Waals surface area (Å²) in [5.41, 5.74) is 2.19. The number of aliphatic hydroxyl groups is 1. The fourth-order valence-electron chi connectivity index (χ4n) is 1.50. The van der Waals surface area contributed by atoms with Crippen LogP contribution in [-0.2, 0) is 13.7 Å². The highest BCUT2D eigenvalue weighted by atomic mass is 32.2. The minimum absolute atomic E-state index is 0.0591. The van der Waals surface area contributed by atoms with Gasteiger partial charge >= 0.3 is 0 Å². The first-order chi connectivity index (χ1) is 8.67. The highest BCUT2D eigenvalue weighted by molar-refractivity contribution is 7.99. The Balaban J connectivity index is 2.38. The van der Waals surface area contributed by atoms with E-state index in [2.05, 4.69) is 16.0 Å². The smallest absolute Gasteiger partial charge is 0.174 e. The SMILES string of the molecule is Cc1ccnc(Sc2ncc(CO)n2C)c1C#N. The molecule has 5 nitrogen and oxygen atoms in total. The van der Waals surface area contributed by atoms with Crippen LogP contribution in [-0.4, -0.2) is 19.6 Å². The van der Waals surface area contributed by atoms with Gasteiger partial charge in [0, 0.05) is 13.2 Å². The van der Waals surface area contributed by atoms with E-state index in [1.165, 1.54) is 11.8 Å². The van der Waals surface area contributed by atoms with E-state index in [-0.39, 0.29) is 6.61 Å². The molecule has 0 bridgehead atoms. The molecule has 0 aliphatic heterocycles. The molecule has 0 saturated heterocycles. The van der Waals surface area contributed by atoms with Crippen molar-refractivity contribution in [2.75, 3.05) is 0 Å². The van der Waals surface area contributed by atoms with Crippen LogP contribution < -0.4 is 0 Å². The first-order valence-electron chi connectivity index (χ1n) is 5.32. The van der Waals surface area contributed by atoms with Crippen molar-refractivity contribution in [2.24, 2.45) is 7.05 Å². The highest BCUT2D eigenvalue weighted by Crippen LogP contribution is 2.28. The first kappa shape index (κ1) is 12.6. The Hall–Kier alpha value is -1.84. The summed E-state index contributed by atoms with van der Waals surface area (Å²) >= 11 is 1.32. The predicted molar refractivity (Wildman–Crippen MR) is 66.9 cm³/mol. The van der Waals surface area contributed by atoms with E-state index in [9.17, 15) is 0 Å². The third-order valence-corrected chi connectivity index (χ3v) is 3.69. The van der Waals surface area contributed by atoms with Crippen molar-refractivity contribution in [3.63, 3.8) is 0 Å². The van der Waals surface area contributed by atoms with Crippen LogP contribution in [0.3, 0.4) is 0 Å². The summed E-state index contributed by atoms with van der Waals surface area (Å²) in [4.78, 5) is 8.41. The van der Waals surface area contributed by atoms with Crippen molar-refractivity contribution in [1.29, 1.82) is 5.26 Å². The number of aliphatic hydroxyl groups excluding tert-OH is 1. The number of aromatic nitrogens is 3. The molecule has 0 aliphatic rings. The molecular weight excluding hydrogens is 248 g/mol. The fourth-order valence-corrected chi connectivity index (χ4v) is 2.46. The summed E-state index contributed by atoms with van der Waals surface area (Å²) < 4.78 is 1.79. The number of rotatable bonds is 3. The van der Waals surface area contributed by atoms with Crippen molar-refractivity contribution in [1.82, 2.24) is 14.5 Å². The fraction of sp³-hybridized carbons (Fsp3) is 0.250. The Labute approximate surface area is 109 Å². The summed E-state index contributed by atoms with van der Waals surface area (Å²) in [6, 6.07) is 3.96. The van der Waals surface area contributed by atoms with E-state index in [1.54, 1.807) is 23.0 Å². The predicted octanol–water partition coefficient (Wildman–Crippen LogP) is 1.64. The van der Waals surface area contributed by atoms with Crippen LogP contribution in [0.1, 0.15) is 16.8 Å². The van der Waals surface area contributed by atoms with Gasteiger partial charge in [0.2, 0.25) is 0 Å². The van der Waals surface area contributed by atoms with Crippen molar-refractivity contribution >= 4 is 11.8 Å². The van der Waals surface area contributed by atoms with Crippen LogP contribution in [0.15, 0.2) is 28.6 Å². The van der Waals surface area contributed by atoms with Gasteiger partial charge < -0.3 is 9.67 Å². The number of hydrogen-bond donors (Lipinski definition) is 1. The molecule has 0 unspecified atom stereocenters. The van der Waals surface area contributed by atoms with E-state index in [0.717, 1.165) is 11.3 Å². The molecule has 0 spiro atoms. The Morgan fingerprint density at radius 3 is 2.89 bits per heavy atom. The highest BCUT2D eigenvalue weighted by Gasteiger charge is 2.12.